The Morgan fingerprint density at radius 2 is 2.06 bits per heavy atom. The number of benzene rings is 1. The largest absolute Gasteiger partial charge is 0.375 e. The van der Waals surface area contributed by atoms with E-state index in [4.69, 9.17) is 4.74 Å². The van der Waals surface area contributed by atoms with Crippen LogP contribution in [0.15, 0.2) is 18.2 Å². The van der Waals surface area contributed by atoms with Gasteiger partial charge in [0.25, 0.3) is 0 Å². The Hall–Kier alpha value is -1.33. The number of rotatable bonds is 3. The summed E-state index contributed by atoms with van der Waals surface area (Å²) in [5.41, 5.74) is 0.0525. The van der Waals surface area contributed by atoms with Crippen LogP contribution in [-0.2, 0) is 4.74 Å². The minimum Gasteiger partial charge on any atom is -0.375 e. The third kappa shape index (κ3) is 3.31. The van der Waals surface area contributed by atoms with Crippen molar-refractivity contribution in [2.24, 2.45) is 0 Å². The van der Waals surface area contributed by atoms with Crippen molar-refractivity contribution in [1.82, 2.24) is 5.32 Å². The Labute approximate surface area is 97.8 Å². The Morgan fingerprint density at radius 1 is 1.35 bits per heavy atom. The standard InChI is InChI=1S/C12H13F2NO2/c13-9-3-8(4-10(14)5-9)12(16)6-11-7-15-1-2-17-11/h3-5,11,15H,1-2,6-7H2. The zero-order valence-electron chi connectivity index (χ0n) is 9.21. The van der Waals surface area contributed by atoms with E-state index in [9.17, 15) is 13.6 Å². The van der Waals surface area contributed by atoms with Crippen molar-refractivity contribution in [3.05, 3.63) is 35.4 Å². The number of nitrogens with one attached hydrogen (secondary N) is 1. The molecule has 1 heterocycles. The molecule has 1 aliphatic heterocycles. The second-order valence-corrected chi connectivity index (χ2v) is 3.98. The molecule has 0 bridgehead atoms. The number of Topliss-reactive ketones (excluding diaryl/α,β-unsaturated/α-hetero) is 1. The summed E-state index contributed by atoms with van der Waals surface area (Å²) in [6, 6.07) is 2.83. The van der Waals surface area contributed by atoms with Gasteiger partial charge in [0.1, 0.15) is 11.6 Å². The van der Waals surface area contributed by atoms with Gasteiger partial charge >= 0.3 is 0 Å². The third-order valence-corrected chi connectivity index (χ3v) is 2.60. The molecular formula is C12H13F2NO2. The zero-order chi connectivity index (χ0) is 12.3. The highest BCUT2D eigenvalue weighted by molar-refractivity contribution is 5.96. The first-order valence-corrected chi connectivity index (χ1v) is 5.47. The second kappa shape index (κ2) is 5.33. The highest BCUT2D eigenvalue weighted by Gasteiger charge is 2.19. The van der Waals surface area contributed by atoms with E-state index < -0.39 is 11.6 Å². The molecule has 0 saturated carbocycles. The zero-order valence-corrected chi connectivity index (χ0v) is 9.21. The van der Waals surface area contributed by atoms with E-state index in [1.165, 1.54) is 0 Å². The molecule has 0 amide bonds. The van der Waals surface area contributed by atoms with Gasteiger partial charge in [-0.3, -0.25) is 4.79 Å². The van der Waals surface area contributed by atoms with Gasteiger partial charge in [0.2, 0.25) is 0 Å². The monoisotopic (exact) mass is 241 g/mol. The van der Waals surface area contributed by atoms with Gasteiger partial charge in [-0.05, 0) is 12.1 Å². The topological polar surface area (TPSA) is 38.3 Å². The quantitative estimate of drug-likeness (QED) is 0.815. The fourth-order valence-electron chi connectivity index (χ4n) is 1.79. The van der Waals surface area contributed by atoms with Crippen LogP contribution in [0, 0.1) is 11.6 Å². The van der Waals surface area contributed by atoms with Gasteiger partial charge in [-0.2, -0.15) is 0 Å². The summed E-state index contributed by atoms with van der Waals surface area (Å²) in [5, 5.41) is 3.09. The van der Waals surface area contributed by atoms with Crippen molar-refractivity contribution in [3.63, 3.8) is 0 Å². The molecule has 0 aliphatic carbocycles. The lowest BCUT2D eigenvalue weighted by Gasteiger charge is -2.22. The first-order chi connectivity index (χ1) is 8.15. The van der Waals surface area contributed by atoms with Crippen LogP contribution < -0.4 is 5.32 Å². The maximum Gasteiger partial charge on any atom is 0.165 e. The van der Waals surface area contributed by atoms with Gasteiger partial charge in [0, 0.05) is 31.1 Å². The maximum atomic E-state index is 12.9. The first kappa shape index (κ1) is 12.1. The Balaban J connectivity index is 2.03. The average Bonchev–Trinajstić information content (AvgIpc) is 2.29. The molecule has 1 aliphatic rings. The Bertz CT molecular complexity index is 397. The smallest absolute Gasteiger partial charge is 0.165 e. The molecule has 92 valence electrons. The van der Waals surface area contributed by atoms with Crippen LogP contribution in [-0.4, -0.2) is 31.6 Å². The van der Waals surface area contributed by atoms with Crippen molar-refractivity contribution in [2.75, 3.05) is 19.7 Å². The Kier molecular flexibility index (Phi) is 3.81. The van der Waals surface area contributed by atoms with E-state index >= 15 is 0 Å². The van der Waals surface area contributed by atoms with Gasteiger partial charge in [-0.1, -0.05) is 0 Å². The van der Waals surface area contributed by atoms with Crippen molar-refractivity contribution < 1.29 is 18.3 Å². The summed E-state index contributed by atoms with van der Waals surface area (Å²) in [6.07, 6.45) is -0.0850. The molecule has 1 atom stereocenters. The number of hydrogen-bond acceptors (Lipinski definition) is 3. The van der Waals surface area contributed by atoms with Crippen molar-refractivity contribution in [3.8, 4) is 0 Å². The van der Waals surface area contributed by atoms with E-state index in [1.807, 2.05) is 0 Å². The molecule has 1 N–H and O–H groups in total. The SMILES string of the molecule is O=C(CC1CNCCO1)c1cc(F)cc(F)c1. The molecule has 1 aromatic rings. The molecular weight excluding hydrogens is 228 g/mol. The highest BCUT2D eigenvalue weighted by Crippen LogP contribution is 2.13. The van der Waals surface area contributed by atoms with Crippen molar-refractivity contribution in [1.29, 1.82) is 0 Å². The third-order valence-electron chi connectivity index (χ3n) is 2.60. The van der Waals surface area contributed by atoms with Crippen LogP contribution in [0.5, 0.6) is 0 Å². The summed E-state index contributed by atoms with van der Waals surface area (Å²) in [5.74, 6) is -1.79. The average molecular weight is 241 g/mol. The minimum atomic E-state index is -0.740. The molecule has 17 heavy (non-hydrogen) atoms. The predicted octanol–water partition coefficient (Wildman–Crippen LogP) is 1.53. The van der Waals surface area contributed by atoms with E-state index in [0.29, 0.717) is 13.2 Å². The number of carbonyl (C=O) groups is 1. The lowest BCUT2D eigenvalue weighted by Crippen LogP contribution is -2.39. The molecule has 0 radical (unpaired) electrons. The number of halogens is 2. The molecule has 2 rings (SSSR count). The fraction of sp³-hybridized carbons (Fsp3) is 0.417. The van der Waals surface area contributed by atoms with Crippen molar-refractivity contribution >= 4 is 5.78 Å². The van der Waals surface area contributed by atoms with E-state index in [2.05, 4.69) is 5.32 Å². The highest BCUT2D eigenvalue weighted by atomic mass is 19.1. The van der Waals surface area contributed by atoms with Crippen LogP contribution in [0.1, 0.15) is 16.8 Å². The van der Waals surface area contributed by atoms with E-state index in [0.717, 1.165) is 24.7 Å². The summed E-state index contributed by atoms with van der Waals surface area (Å²) < 4.78 is 31.2. The summed E-state index contributed by atoms with van der Waals surface area (Å²) >= 11 is 0. The van der Waals surface area contributed by atoms with Gasteiger partial charge < -0.3 is 10.1 Å². The molecule has 5 heteroatoms. The lowest BCUT2D eigenvalue weighted by atomic mass is 10.0. The summed E-state index contributed by atoms with van der Waals surface area (Å²) in [4.78, 5) is 11.8. The van der Waals surface area contributed by atoms with Crippen molar-refractivity contribution in [2.45, 2.75) is 12.5 Å². The number of carbonyl (C=O) groups excluding carboxylic acids is 1. The fourth-order valence-corrected chi connectivity index (χ4v) is 1.79. The molecule has 0 aromatic heterocycles. The van der Waals surface area contributed by atoms with E-state index in [-0.39, 0.29) is 23.9 Å². The predicted molar refractivity (Wildman–Crippen MR) is 57.9 cm³/mol. The molecule has 1 fully saturated rings. The lowest BCUT2D eigenvalue weighted by molar-refractivity contribution is 0.0240. The van der Waals surface area contributed by atoms with Crippen LogP contribution in [0.25, 0.3) is 0 Å². The van der Waals surface area contributed by atoms with Gasteiger partial charge in [0.15, 0.2) is 5.78 Å². The number of morpholine rings is 1. The maximum absolute atomic E-state index is 12.9. The molecule has 0 spiro atoms. The summed E-state index contributed by atoms with van der Waals surface area (Å²) in [6.45, 7) is 1.90. The molecule has 1 aromatic carbocycles. The second-order valence-electron chi connectivity index (χ2n) is 3.98. The van der Waals surface area contributed by atoms with Crippen LogP contribution in [0.3, 0.4) is 0 Å². The number of ketones is 1. The van der Waals surface area contributed by atoms with Crippen LogP contribution in [0.4, 0.5) is 8.78 Å². The first-order valence-electron chi connectivity index (χ1n) is 5.47. The van der Waals surface area contributed by atoms with Gasteiger partial charge in [0.05, 0.1) is 12.7 Å². The van der Waals surface area contributed by atoms with Gasteiger partial charge in [-0.15, -0.1) is 0 Å². The molecule has 3 nitrogen and oxygen atoms in total. The number of ether oxygens (including phenoxy) is 1. The van der Waals surface area contributed by atoms with E-state index in [1.54, 1.807) is 0 Å². The minimum absolute atomic E-state index is 0.0525. The normalized spacial score (nSPS) is 20.2. The molecule has 1 unspecified atom stereocenters. The Morgan fingerprint density at radius 3 is 2.65 bits per heavy atom. The molecule has 1 saturated heterocycles. The number of hydrogen-bond donors (Lipinski definition) is 1. The summed E-state index contributed by atoms with van der Waals surface area (Å²) in [7, 11) is 0. The van der Waals surface area contributed by atoms with Crippen LogP contribution >= 0.6 is 0 Å². The van der Waals surface area contributed by atoms with Crippen LogP contribution in [0.2, 0.25) is 0 Å². The van der Waals surface area contributed by atoms with Gasteiger partial charge in [-0.25, -0.2) is 8.78 Å².